The molecular formula is C17H25NO5S. The minimum absolute atomic E-state index is 0.0235. The first-order valence-electron chi connectivity index (χ1n) is 8.17. The predicted octanol–water partition coefficient (Wildman–Crippen LogP) is 2.08. The Balaban J connectivity index is 1.95. The van der Waals surface area contributed by atoms with Crippen LogP contribution < -0.4 is 4.72 Å². The average molecular weight is 355 g/mol. The maximum Gasteiger partial charge on any atom is 0.264 e. The van der Waals surface area contributed by atoms with Gasteiger partial charge in [0.2, 0.25) is 0 Å². The maximum absolute atomic E-state index is 12.4. The number of benzene rings is 1. The molecule has 1 fully saturated rings. The molecule has 2 atom stereocenters. The Morgan fingerprint density at radius 3 is 2.79 bits per heavy atom. The summed E-state index contributed by atoms with van der Waals surface area (Å²) in [5, 5.41) is 0. The monoisotopic (exact) mass is 355 g/mol. The molecule has 0 radical (unpaired) electrons. The van der Waals surface area contributed by atoms with E-state index in [-0.39, 0.29) is 17.6 Å². The summed E-state index contributed by atoms with van der Waals surface area (Å²) in [4.78, 5) is 12.3. The van der Waals surface area contributed by atoms with Gasteiger partial charge in [-0.1, -0.05) is 12.1 Å². The standard InChI is InChI=1S/C17H25NO5S/c1-12-7-8-13(2)16(10-12)24(20,21)18-17(19)14(3)23-11-15-6-4-5-9-22-15/h7-8,10,14-15H,4-6,9,11H2,1-3H3,(H,18,19)/t14-,15+/m1/s1. The van der Waals surface area contributed by atoms with Crippen molar-refractivity contribution in [2.75, 3.05) is 13.2 Å². The number of nitrogens with one attached hydrogen (secondary N) is 1. The van der Waals surface area contributed by atoms with Crippen molar-refractivity contribution in [3.8, 4) is 0 Å². The van der Waals surface area contributed by atoms with E-state index in [1.54, 1.807) is 26.0 Å². The van der Waals surface area contributed by atoms with Crippen LogP contribution in [0.25, 0.3) is 0 Å². The lowest BCUT2D eigenvalue weighted by Crippen LogP contribution is -2.40. The summed E-state index contributed by atoms with van der Waals surface area (Å²) in [6.45, 7) is 6.03. The number of ether oxygens (including phenoxy) is 2. The van der Waals surface area contributed by atoms with Gasteiger partial charge in [0.1, 0.15) is 6.10 Å². The van der Waals surface area contributed by atoms with Crippen molar-refractivity contribution in [2.24, 2.45) is 0 Å². The number of carbonyl (C=O) groups excluding carboxylic acids is 1. The summed E-state index contributed by atoms with van der Waals surface area (Å²) in [6.07, 6.45) is 2.13. The highest BCUT2D eigenvalue weighted by Gasteiger charge is 2.25. The van der Waals surface area contributed by atoms with Gasteiger partial charge in [0.15, 0.2) is 0 Å². The van der Waals surface area contributed by atoms with Gasteiger partial charge in [0.05, 0.1) is 17.6 Å². The third-order valence-electron chi connectivity index (χ3n) is 4.04. The van der Waals surface area contributed by atoms with E-state index in [0.717, 1.165) is 24.8 Å². The quantitative estimate of drug-likeness (QED) is 0.845. The zero-order chi connectivity index (χ0) is 17.7. The second-order valence-corrected chi connectivity index (χ2v) is 7.85. The number of sulfonamides is 1. The summed E-state index contributed by atoms with van der Waals surface area (Å²) in [7, 11) is -3.91. The van der Waals surface area contributed by atoms with Gasteiger partial charge in [-0.25, -0.2) is 13.1 Å². The number of aryl methyl sites for hydroxylation is 2. The van der Waals surface area contributed by atoms with Gasteiger partial charge >= 0.3 is 0 Å². The smallest absolute Gasteiger partial charge is 0.264 e. The van der Waals surface area contributed by atoms with E-state index in [2.05, 4.69) is 4.72 Å². The molecule has 0 unspecified atom stereocenters. The zero-order valence-electron chi connectivity index (χ0n) is 14.4. The van der Waals surface area contributed by atoms with Crippen molar-refractivity contribution >= 4 is 15.9 Å². The lowest BCUT2D eigenvalue weighted by molar-refractivity contribution is -0.133. The van der Waals surface area contributed by atoms with E-state index in [4.69, 9.17) is 9.47 Å². The van der Waals surface area contributed by atoms with Crippen LogP contribution in [0.5, 0.6) is 0 Å². The molecule has 1 saturated heterocycles. The zero-order valence-corrected chi connectivity index (χ0v) is 15.2. The van der Waals surface area contributed by atoms with Gasteiger partial charge < -0.3 is 9.47 Å². The van der Waals surface area contributed by atoms with Gasteiger partial charge in [0.25, 0.3) is 15.9 Å². The molecule has 1 aromatic rings. The molecule has 134 valence electrons. The molecule has 2 rings (SSSR count). The molecule has 24 heavy (non-hydrogen) atoms. The van der Waals surface area contributed by atoms with Crippen molar-refractivity contribution in [3.05, 3.63) is 29.3 Å². The fraction of sp³-hybridized carbons (Fsp3) is 0.588. The number of rotatable bonds is 6. The van der Waals surface area contributed by atoms with Crippen molar-refractivity contribution in [3.63, 3.8) is 0 Å². The third kappa shape index (κ3) is 5.03. The van der Waals surface area contributed by atoms with Crippen LogP contribution in [0.3, 0.4) is 0 Å². The first-order chi connectivity index (χ1) is 11.3. The molecule has 1 heterocycles. The molecule has 1 amide bonds. The van der Waals surface area contributed by atoms with Crippen LogP contribution >= 0.6 is 0 Å². The van der Waals surface area contributed by atoms with Gasteiger partial charge in [-0.3, -0.25) is 4.79 Å². The highest BCUT2D eigenvalue weighted by molar-refractivity contribution is 7.90. The number of carbonyl (C=O) groups is 1. The lowest BCUT2D eigenvalue weighted by Gasteiger charge is -2.23. The number of amides is 1. The molecule has 0 bridgehead atoms. The summed E-state index contributed by atoms with van der Waals surface area (Å²) in [6, 6.07) is 5.09. The van der Waals surface area contributed by atoms with Crippen molar-refractivity contribution in [2.45, 2.75) is 57.1 Å². The van der Waals surface area contributed by atoms with E-state index in [1.807, 2.05) is 6.07 Å². The van der Waals surface area contributed by atoms with E-state index in [0.29, 0.717) is 12.2 Å². The van der Waals surface area contributed by atoms with Crippen LogP contribution in [-0.2, 0) is 24.3 Å². The second-order valence-electron chi connectivity index (χ2n) is 6.20. The van der Waals surface area contributed by atoms with Crippen LogP contribution in [0.15, 0.2) is 23.1 Å². The summed E-state index contributed by atoms with van der Waals surface area (Å²) < 4.78 is 37.9. The van der Waals surface area contributed by atoms with Gasteiger partial charge in [-0.05, 0) is 57.2 Å². The third-order valence-corrected chi connectivity index (χ3v) is 5.53. The molecule has 1 aliphatic heterocycles. The van der Waals surface area contributed by atoms with E-state index in [1.165, 1.54) is 6.92 Å². The van der Waals surface area contributed by atoms with Crippen molar-refractivity contribution in [1.82, 2.24) is 4.72 Å². The highest BCUT2D eigenvalue weighted by Crippen LogP contribution is 2.17. The number of hydrogen-bond acceptors (Lipinski definition) is 5. The molecule has 1 N–H and O–H groups in total. The summed E-state index contributed by atoms with van der Waals surface area (Å²) in [5.74, 6) is -0.674. The topological polar surface area (TPSA) is 81.7 Å². The average Bonchev–Trinajstić information content (AvgIpc) is 2.55. The Hall–Kier alpha value is -1.44. The fourth-order valence-corrected chi connectivity index (χ4v) is 3.91. The van der Waals surface area contributed by atoms with Crippen LogP contribution in [0, 0.1) is 13.8 Å². The Morgan fingerprint density at radius 1 is 1.38 bits per heavy atom. The Kier molecular flexibility index (Phi) is 6.37. The largest absolute Gasteiger partial charge is 0.376 e. The highest BCUT2D eigenvalue weighted by atomic mass is 32.2. The molecule has 0 aromatic heterocycles. The van der Waals surface area contributed by atoms with E-state index in [9.17, 15) is 13.2 Å². The Bertz CT molecular complexity index is 680. The Morgan fingerprint density at radius 2 is 2.12 bits per heavy atom. The van der Waals surface area contributed by atoms with Crippen molar-refractivity contribution < 1.29 is 22.7 Å². The molecule has 0 aliphatic carbocycles. The SMILES string of the molecule is Cc1ccc(C)c(S(=O)(=O)NC(=O)[C@@H](C)OC[C@@H]2CCCCO2)c1. The normalized spacial score (nSPS) is 19.7. The van der Waals surface area contributed by atoms with Gasteiger partial charge in [-0.2, -0.15) is 0 Å². The van der Waals surface area contributed by atoms with Gasteiger partial charge in [0, 0.05) is 6.61 Å². The first kappa shape index (κ1) is 18.9. The second kappa shape index (κ2) is 8.09. The predicted molar refractivity (Wildman–Crippen MR) is 90.2 cm³/mol. The number of hydrogen-bond donors (Lipinski definition) is 1. The Labute approximate surface area is 143 Å². The molecule has 7 heteroatoms. The molecular weight excluding hydrogens is 330 g/mol. The van der Waals surface area contributed by atoms with Crippen LogP contribution in [-0.4, -0.2) is 39.7 Å². The molecule has 0 saturated carbocycles. The first-order valence-corrected chi connectivity index (χ1v) is 9.65. The van der Waals surface area contributed by atoms with Crippen molar-refractivity contribution in [1.29, 1.82) is 0 Å². The van der Waals surface area contributed by atoms with Gasteiger partial charge in [-0.15, -0.1) is 0 Å². The molecule has 1 aliphatic rings. The van der Waals surface area contributed by atoms with Crippen LogP contribution in [0.1, 0.15) is 37.3 Å². The minimum Gasteiger partial charge on any atom is -0.376 e. The fourth-order valence-electron chi connectivity index (χ4n) is 2.53. The molecule has 6 nitrogen and oxygen atoms in total. The minimum atomic E-state index is -3.91. The van der Waals surface area contributed by atoms with Crippen LogP contribution in [0.2, 0.25) is 0 Å². The van der Waals surface area contributed by atoms with E-state index < -0.39 is 22.0 Å². The molecule has 0 spiro atoms. The molecule has 1 aromatic carbocycles. The van der Waals surface area contributed by atoms with Crippen LogP contribution in [0.4, 0.5) is 0 Å². The maximum atomic E-state index is 12.4. The van der Waals surface area contributed by atoms with E-state index >= 15 is 0 Å². The summed E-state index contributed by atoms with van der Waals surface area (Å²) in [5.41, 5.74) is 1.40. The summed E-state index contributed by atoms with van der Waals surface area (Å²) >= 11 is 0. The lowest BCUT2D eigenvalue weighted by atomic mass is 10.1.